The maximum Gasteiger partial charge on any atom is 0.274 e. The standard InChI is InChI=1S/C18H18ClN3O3/c1-4-13-17(22-10-11(19)5-8-16(22)20-13)18(23)21-14-7-6-12(24-2)9-15(14)25-3/h5-10H,4H2,1-3H3,(H,21,23). The van der Waals surface area contributed by atoms with Gasteiger partial charge in [0.05, 0.1) is 30.6 Å². The van der Waals surface area contributed by atoms with Crippen molar-refractivity contribution in [3.05, 3.63) is 52.9 Å². The summed E-state index contributed by atoms with van der Waals surface area (Å²) in [6, 6.07) is 8.73. The Morgan fingerprint density at radius 2 is 2.04 bits per heavy atom. The summed E-state index contributed by atoms with van der Waals surface area (Å²) >= 11 is 6.07. The van der Waals surface area contributed by atoms with Gasteiger partial charge in [-0.25, -0.2) is 4.98 Å². The third-order valence-corrected chi connectivity index (χ3v) is 4.09. The molecule has 25 heavy (non-hydrogen) atoms. The number of carbonyl (C=O) groups excluding carboxylic acids is 1. The topological polar surface area (TPSA) is 64.9 Å². The number of benzene rings is 1. The molecule has 2 heterocycles. The van der Waals surface area contributed by atoms with Crippen LogP contribution in [-0.2, 0) is 6.42 Å². The molecular weight excluding hydrogens is 342 g/mol. The van der Waals surface area contributed by atoms with E-state index in [1.807, 2.05) is 6.92 Å². The van der Waals surface area contributed by atoms with Crippen LogP contribution in [0.3, 0.4) is 0 Å². The van der Waals surface area contributed by atoms with Crippen molar-refractivity contribution in [3.8, 4) is 11.5 Å². The molecule has 0 saturated heterocycles. The van der Waals surface area contributed by atoms with Crippen LogP contribution in [-0.4, -0.2) is 29.5 Å². The van der Waals surface area contributed by atoms with E-state index in [9.17, 15) is 4.79 Å². The summed E-state index contributed by atoms with van der Waals surface area (Å²) in [6.07, 6.45) is 2.31. The number of anilines is 1. The highest BCUT2D eigenvalue weighted by molar-refractivity contribution is 6.30. The highest BCUT2D eigenvalue weighted by Crippen LogP contribution is 2.30. The Balaban J connectivity index is 2.02. The number of hydrogen-bond donors (Lipinski definition) is 1. The van der Waals surface area contributed by atoms with Crippen molar-refractivity contribution in [1.29, 1.82) is 0 Å². The van der Waals surface area contributed by atoms with E-state index >= 15 is 0 Å². The van der Waals surface area contributed by atoms with E-state index in [1.54, 1.807) is 48.0 Å². The van der Waals surface area contributed by atoms with Crippen LogP contribution in [0, 0.1) is 0 Å². The third-order valence-electron chi connectivity index (χ3n) is 3.86. The van der Waals surface area contributed by atoms with Crippen molar-refractivity contribution in [2.24, 2.45) is 0 Å². The Morgan fingerprint density at radius 1 is 1.24 bits per heavy atom. The van der Waals surface area contributed by atoms with Crippen LogP contribution in [0.5, 0.6) is 11.5 Å². The zero-order valence-corrected chi connectivity index (χ0v) is 14.9. The second-order valence-corrected chi connectivity index (χ2v) is 5.79. The number of aromatic nitrogens is 2. The second-order valence-electron chi connectivity index (χ2n) is 5.36. The van der Waals surface area contributed by atoms with Crippen molar-refractivity contribution in [2.45, 2.75) is 13.3 Å². The smallest absolute Gasteiger partial charge is 0.274 e. The summed E-state index contributed by atoms with van der Waals surface area (Å²) in [7, 11) is 3.11. The monoisotopic (exact) mass is 359 g/mol. The molecule has 3 aromatic rings. The van der Waals surface area contributed by atoms with E-state index in [0.29, 0.717) is 45.7 Å². The molecule has 1 N–H and O–H groups in total. The van der Waals surface area contributed by atoms with Crippen molar-refractivity contribution < 1.29 is 14.3 Å². The van der Waals surface area contributed by atoms with Gasteiger partial charge in [0.25, 0.3) is 5.91 Å². The first-order chi connectivity index (χ1) is 12.1. The van der Waals surface area contributed by atoms with Crippen molar-refractivity contribution >= 4 is 28.8 Å². The van der Waals surface area contributed by atoms with Crippen LogP contribution in [0.15, 0.2) is 36.5 Å². The minimum Gasteiger partial charge on any atom is -0.497 e. The molecule has 0 radical (unpaired) electrons. The van der Waals surface area contributed by atoms with Crippen LogP contribution in [0.2, 0.25) is 5.02 Å². The zero-order valence-electron chi connectivity index (χ0n) is 14.2. The SMILES string of the molecule is CCc1nc2ccc(Cl)cn2c1C(=O)Nc1ccc(OC)cc1OC. The molecular formula is C18H18ClN3O3. The van der Waals surface area contributed by atoms with Gasteiger partial charge in [0.15, 0.2) is 0 Å². The highest BCUT2D eigenvalue weighted by Gasteiger charge is 2.20. The molecule has 0 atom stereocenters. The predicted molar refractivity (Wildman–Crippen MR) is 97.1 cm³/mol. The number of imidazole rings is 1. The highest BCUT2D eigenvalue weighted by atomic mass is 35.5. The van der Waals surface area contributed by atoms with Gasteiger partial charge >= 0.3 is 0 Å². The number of nitrogens with one attached hydrogen (secondary N) is 1. The summed E-state index contributed by atoms with van der Waals surface area (Å²) in [6.45, 7) is 1.95. The number of ether oxygens (including phenoxy) is 2. The van der Waals surface area contributed by atoms with Crippen molar-refractivity contribution in [1.82, 2.24) is 9.38 Å². The number of nitrogens with zero attached hydrogens (tertiary/aromatic N) is 2. The molecule has 3 rings (SSSR count). The zero-order chi connectivity index (χ0) is 18.0. The molecule has 0 saturated carbocycles. The molecule has 0 aliphatic heterocycles. The Labute approximate surface area is 150 Å². The number of methoxy groups -OCH3 is 2. The van der Waals surface area contributed by atoms with Crippen LogP contribution in [0.25, 0.3) is 5.65 Å². The number of amides is 1. The Bertz CT molecular complexity index is 937. The Kier molecular flexibility index (Phi) is 4.81. The lowest BCUT2D eigenvalue weighted by Gasteiger charge is -2.12. The molecule has 0 aliphatic carbocycles. The molecule has 130 valence electrons. The molecule has 1 amide bonds. The fourth-order valence-electron chi connectivity index (χ4n) is 2.64. The average Bonchev–Trinajstić information content (AvgIpc) is 2.99. The molecule has 2 aromatic heterocycles. The van der Waals surface area contributed by atoms with Crippen LogP contribution < -0.4 is 14.8 Å². The molecule has 7 heteroatoms. The number of hydrogen-bond acceptors (Lipinski definition) is 4. The van der Waals surface area contributed by atoms with E-state index in [-0.39, 0.29) is 5.91 Å². The first-order valence-corrected chi connectivity index (χ1v) is 8.15. The van der Waals surface area contributed by atoms with E-state index in [4.69, 9.17) is 21.1 Å². The van der Waals surface area contributed by atoms with E-state index in [2.05, 4.69) is 10.3 Å². The lowest BCUT2D eigenvalue weighted by Crippen LogP contribution is -2.16. The largest absolute Gasteiger partial charge is 0.497 e. The average molecular weight is 360 g/mol. The van der Waals surface area contributed by atoms with Crippen molar-refractivity contribution in [3.63, 3.8) is 0 Å². The fraction of sp³-hybridized carbons (Fsp3) is 0.222. The minimum absolute atomic E-state index is 0.282. The molecule has 0 unspecified atom stereocenters. The number of fused-ring (bicyclic) bond motifs is 1. The number of rotatable bonds is 5. The van der Waals surface area contributed by atoms with Crippen molar-refractivity contribution in [2.75, 3.05) is 19.5 Å². The van der Waals surface area contributed by atoms with Gasteiger partial charge in [0.2, 0.25) is 0 Å². The Morgan fingerprint density at radius 3 is 2.72 bits per heavy atom. The van der Waals surface area contributed by atoms with Crippen LogP contribution in [0.4, 0.5) is 5.69 Å². The molecule has 0 aliphatic rings. The van der Waals surface area contributed by atoms with Crippen LogP contribution >= 0.6 is 11.6 Å². The molecule has 1 aromatic carbocycles. The van der Waals surface area contributed by atoms with E-state index in [0.717, 1.165) is 0 Å². The first-order valence-electron chi connectivity index (χ1n) is 7.77. The van der Waals surface area contributed by atoms with E-state index < -0.39 is 0 Å². The van der Waals surface area contributed by atoms with Gasteiger partial charge in [-0.1, -0.05) is 18.5 Å². The predicted octanol–water partition coefficient (Wildman–Crippen LogP) is 3.82. The molecule has 0 bridgehead atoms. The normalized spacial score (nSPS) is 10.7. The van der Waals surface area contributed by atoms with Crippen LogP contribution in [0.1, 0.15) is 23.1 Å². The summed E-state index contributed by atoms with van der Waals surface area (Å²) in [5, 5.41) is 3.41. The molecule has 0 spiro atoms. The van der Waals surface area contributed by atoms with Gasteiger partial charge in [-0.3, -0.25) is 9.20 Å². The maximum absolute atomic E-state index is 12.9. The lowest BCUT2D eigenvalue weighted by molar-refractivity contribution is 0.102. The quantitative estimate of drug-likeness (QED) is 0.752. The van der Waals surface area contributed by atoms with Gasteiger partial charge in [0, 0.05) is 12.3 Å². The van der Waals surface area contributed by atoms with Gasteiger partial charge in [-0.05, 0) is 30.7 Å². The summed E-state index contributed by atoms with van der Waals surface area (Å²) < 4.78 is 12.2. The summed E-state index contributed by atoms with van der Waals surface area (Å²) in [5.41, 5.74) is 2.38. The van der Waals surface area contributed by atoms with Gasteiger partial charge in [-0.15, -0.1) is 0 Å². The number of pyridine rings is 1. The van der Waals surface area contributed by atoms with Gasteiger partial charge in [-0.2, -0.15) is 0 Å². The van der Waals surface area contributed by atoms with E-state index in [1.165, 1.54) is 7.11 Å². The molecule has 6 nitrogen and oxygen atoms in total. The first kappa shape index (κ1) is 17.1. The summed E-state index contributed by atoms with van der Waals surface area (Å²) in [4.78, 5) is 17.4. The number of halogens is 1. The number of aryl methyl sites for hydroxylation is 1. The summed E-state index contributed by atoms with van der Waals surface area (Å²) in [5.74, 6) is 0.873. The van der Waals surface area contributed by atoms with Gasteiger partial charge < -0.3 is 14.8 Å². The fourth-order valence-corrected chi connectivity index (χ4v) is 2.80. The van der Waals surface area contributed by atoms with Gasteiger partial charge in [0.1, 0.15) is 22.8 Å². The Hall–Kier alpha value is -2.73. The third kappa shape index (κ3) is 3.25. The maximum atomic E-state index is 12.9. The number of carbonyl (C=O) groups is 1. The lowest BCUT2D eigenvalue weighted by atomic mass is 10.2. The molecule has 0 fully saturated rings. The minimum atomic E-state index is -0.282. The second kappa shape index (κ2) is 7.03.